The molecule has 0 saturated carbocycles. The van der Waals surface area contributed by atoms with Crippen molar-refractivity contribution in [3.05, 3.63) is 66.0 Å². The molecule has 2 aromatic rings. The lowest BCUT2D eigenvalue weighted by molar-refractivity contribution is -0.139. The fourth-order valence-corrected chi connectivity index (χ4v) is 4.16. The Balaban J connectivity index is 2.42. The van der Waals surface area contributed by atoms with Crippen molar-refractivity contribution >= 4 is 27.7 Å². The number of hydrogen-bond donors (Lipinski definition) is 1. The smallest absolute Gasteiger partial charge is 0.304 e. The van der Waals surface area contributed by atoms with Gasteiger partial charge in [0.2, 0.25) is 11.8 Å². The lowest BCUT2D eigenvalue weighted by Gasteiger charge is -2.32. The van der Waals surface area contributed by atoms with E-state index in [0.29, 0.717) is 18.7 Å². The molecule has 180 valence electrons. The molecule has 2 amide bonds. The van der Waals surface area contributed by atoms with Crippen molar-refractivity contribution in [3.63, 3.8) is 0 Å². The highest BCUT2D eigenvalue weighted by Crippen LogP contribution is 2.20. The number of carbonyl (C=O) groups is 2. The van der Waals surface area contributed by atoms with Crippen LogP contribution in [0.3, 0.4) is 0 Å². The van der Waals surface area contributed by atoms with Crippen molar-refractivity contribution in [1.82, 2.24) is 14.5 Å². The third-order valence-electron chi connectivity index (χ3n) is 5.08. The standard InChI is InChI=1S/C23H31FN4O4S/c1-5-15-25-23(30)18(2)27(16-19-11-9-10-14-21(19)24)22(29)17-28(33(31,32)26(3)4)20-12-7-6-8-13-20/h6-14,18H,5,15-17H2,1-4H3,(H,25,30). The van der Waals surface area contributed by atoms with Gasteiger partial charge in [0, 0.05) is 32.7 Å². The fourth-order valence-electron chi connectivity index (χ4n) is 3.10. The second-order valence-corrected chi connectivity index (χ2v) is 9.78. The van der Waals surface area contributed by atoms with Gasteiger partial charge < -0.3 is 10.2 Å². The van der Waals surface area contributed by atoms with Gasteiger partial charge in [0.15, 0.2) is 0 Å². The van der Waals surface area contributed by atoms with Gasteiger partial charge in [-0.05, 0) is 31.5 Å². The Hall–Kier alpha value is -2.98. The molecule has 2 aromatic carbocycles. The van der Waals surface area contributed by atoms with Crippen LogP contribution in [0.4, 0.5) is 10.1 Å². The van der Waals surface area contributed by atoms with Gasteiger partial charge in [-0.2, -0.15) is 12.7 Å². The average Bonchev–Trinajstić information content (AvgIpc) is 2.80. The summed E-state index contributed by atoms with van der Waals surface area (Å²) in [5, 5.41) is 2.73. The van der Waals surface area contributed by atoms with Crippen molar-refractivity contribution in [2.24, 2.45) is 0 Å². The molecule has 0 aliphatic rings. The largest absolute Gasteiger partial charge is 0.354 e. The number of carbonyl (C=O) groups excluding carboxylic acids is 2. The zero-order valence-electron chi connectivity index (χ0n) is 19.4. The van der Waals surface area contributed by atoms with Gasteiger partial charge in [0.05, 0.1) is 5.69 Å². The Morgan fingerprint density at radius 3 is 2.21 bits per heavy atom. The number of nitrogens with one attached hydrogen (secondary N) is 1. The normalized spacial score (nSPS) is 12.3. The average molecular weight is 479 g/mol. The van der Waals surface area contributed by atoms with Gasteiger partial charge in [0.25, 0.3) is 0 Å². The van der Waals surface area contributed by atoms with Crippen LogP contribution in [0.5, 0.6) is 0 Å². The molecule has 0 fully saturated rings. The van der Waals surface area contributed by atoms with Gasteiger partial charge in [-0.15, -0.1) is 0 Å². The highest BCUT2D eigenvalue weighted by Gasteiger charge is 2.32. The molecule has 0 aliphatic carbocycles. The van der Waals surface area contributed by atoms with Crippen LogP contribution in [0.25, 0.3) is 0 Å². The summed E-state index contributed by atoms with van der Waals surface area (Å²) in [5.41, 5.74) is 0.524. The molecule has 0 heterocycles. The lowest BCUT2D eigenvalue weighted by atomic mass is 10.1. The van der Waals surface area contributed by atoms with Gasteiger partial charge >= 0.3 is 10.2 Å². The first-order chi connectivity index (χ1) is 15.6. The van der Waals surface area contributed by atoms with Gasteiger partial charge in [-0.3, -0.25) is 9.59 Å². The predicted molar refractivity (Wildman–Crippen MR) is 126 cm³/mol. The Labute approximate surface area is 195 Å². The van der Waals surface area contributed by atoms with Crippen molar-refractivity contribution in [1.29, 1.82) is 0 Å². The van der Waals surface area contributed by atoms with Gasteiger partial charge in [0.1, 0.15) is 18.4 Å². The maximum atomic E-state index is 14.4. The van der Waals surface area contributed by atoms with E-state index in [-0.39, 0.29) is 12.1 Å². The van der Waals surface area contributed by atoms with Crippen molar-refractivity contribution in [2.75, 3.05) is 31.5 Å². The monoisotopic (exact) mass is 478 g/mol. The maximum absolute atomic E-state index is 14.4. The van der Waals surface area contributed by atoms with Crippen LogP contribution in [0.1, 0.15) is 25.8 Å². The van der Waals surface area contributed by atoms with Crippen LogP contribution in [0.2, 0.25) is 0 Å². The molecule has 1 atom stereocenters. The Kier molecular flexibility index (Phi) is 9.36. The van der Waals surface area contributed by atoms with Crippen molar-refractivity contribution in [2.45, 2.75) is 32.9 Å². The summed E-state index contributed by atoms with van der Waals surface area (Å²) in [4.78, 5) is 27.3. The first kappa shape index (κ1) is 26.3. The zero-order valence-corrected chi connectivity index (χ0v) is 20.2. The quantitative estimate of drug-likeness (QED) is 0.537. The summed E-state index contributed by atoms with van der Waals surface area (Å²) in [5.74, 6) is -1.55. The molecular weight excluding hydrogens is 447 g/mol. The maximum Gasteiger partial charge on any atom is 0.304 e. The number of benzene rings is 2. The van der Waals surface area contributed by atoms with Crippen LogP contribution in [0.15, 0.2) is 54.6 Å². The van der Waals surface area contributed by atoms with Crippen LogP contribution < -0.4 is 9.62 Å². The van der Waals surface area contributed by atoms with E-state index >= 15 is 0 Å². The predicted octanol–water partition coefficient (Wildman–Crippen LogP) is 2.38. The number of halogens is 1. The fraction of sp³-hybridized carbons (Fsp3) is 0.391. The van der Waals surface area contributed by atoms with Gasteiger partial charge in [-0.25, -0.2) is 8.70 Å². The first-order valence-electron chi connectivity index (χ1n) is 10.6. The minimum atomic E-state index is -4.02. The van der Waals surface area contributed by atoms with Crippen LogP contribution >= 0.6 is 0 Å². The second kappa shape index (κ2) is 11.8. The molecule has 2 rings (SSSR count). The van der Waals surface area contributed by atoms with E-state index in [0.717, 1.165) is 8.61 Å². The molecule has 0 radical (unpaired) electrons. The Morgan fingerprint density at radius 2 is 1.64 bits per heavy atom. The number of para-hydroxylation sites is 1. The zero-order chi connectivity index (χ0) is 24.6. The summed E-state index contributed by atoms with van der Waals surface area (Å²) in [6, 6.07) is 13.2. The molecule has 8 nitrogen and oxygen atoms in total. The number of rotatable bonds is 11. The molecule has 0 saturated heterocycles. The SMILES string of the molecule is CCCNC(=O)C(C)N(Cc1ccccc1F)C(=O)CN(c1ccccc1)S(=O)(=O)N(C)C. The first-order valence-corrected chi connectivity index (χ1v) is 12.0. The van der Waals surface area contributed by atoms with Crippen LogP contribution in [-0.2, 0) is 26.3 Å². The third kappa shape index (κ3) is 6.75. The van der Waals surface area contributed by atoms with E-state index in [9.17, 15) is 22.4 Å². The Bertz CT molecular complexity index is 1050. The van der Waals surface area contributed by atoms with E-state index in [1.807, 2.05) is 6.92 Å². The molecule has 0 aliphatic heterocycles. The van der Waals surface area contributed by atoms with Gasteiger partial charge in [-0.1, -0.05) is 43.3 Å². The Morgan fingerprint density at radius 1 is 1.03 bits per heavy atom. The van der Waals surface area contributed by atoms with Crippen molar-refractivity contribution < 1.29 is 22.4 Å². The van der Waals surface area contributed by atoms with E-state index in [2.05, 4.69) is 5.32 Å². The molecule has 0 spiro atoms. The molecule has 33 heavy (non-hydrogen) atoms. The summed E-state index contributed by atoms with van der Waals surface area (Å²) in [6.45, 7) is 3.13. The number of anilines is 1. The number of amides is 2. The summed E-state index contributed by atoms with van der Waals surface area (Å²) < 4.78 is 42.3. The minimum Gasteiger partial charge on any atom is -0.354 e. The summed E-state index contributed by atoms with van der Waals surface area (Å²) in [6.07, 6.45) is 0.711. The molecule has 0 bridgehead atoms. The molecular formula is C23H31FN4O4S. The van der Waals surface area contributed by atoms with E-state index in [4.69, 9.17) is 0 Å². The molecule has 10 heteroatoms. The summed E-state index contributed by atoms with van der Waals surface area (Å²) in [7, 11) is -1.28. The summed E-state index contributed by atoms with van der Waals surface area (Å²) >= 11 is 0. The second-order valence-electron chi connectivity index (χ2n) is 7.71. The minimum absolute atomic E-state index is 0.184. The van der Waals surface area contributed by atoms with E-state index in [1.165, 1.54) is 44.1 Å². The number of hydrogen-bond acceptors (Lipinski definition) is 4. The highest BCUT2D eigenvalue weighted by atomic mass is 32.2. The van der Waals surface area contributed by atoms with Crippen molar-refractivity contribution in [3.8, 4) is 0 Å². The topological polar surface area (TPSA) is 90.0 Å². The van der Waals surface area contributed by atoms with E-state index in [1.54, 1.807) is 36.4 Å². The number of nitrogens with zero attached hydrogens (tertiary/aromatic N) is 3. The third-order valence-corrected chi connectivity index (χ3v) is 6.90. The molecule has 0 aromatic heterocycles. The van der Waals surface area contributed by atoms with Crippen LogP contribution in [-0.4, -0.2) is 62.7 Å². The van der Waals surface area contributed by atoms with Crippen LogP contribution in [0, 0.1) is 5.82 Å². The molecule has 1 unspecified atom stereocenters. The van der Waals surface area contributed by atoms with E-state index < -0.39 is 40.4 Å². The lowest BCUT2D eigenvalue weighted by Crippen LogP contribution is -2.52. The molecule has 1 N–H and O–H groups in total. The highest BCUT2D eigenvalue weighted by molar-refractivity contribution is 7.90.